The molecule has 1 amide bonds. The lowest BCUT2D eigenvalue weighted by Gasteiger charge is -2.04. The minimum absolute atomic E-state index is 0.133. The van der Waals surface area contributed by atoms with Gasteiger partial charge in [-0.3, -0.25) is 4.79 Å². The Labute approximate surface area is 93.3 Å². The highest BCUT2D eigenvalue weighted by Gasteiger charge is 2.05. The van der Waals surface area contributed by atoms with E-state index in [1.165, 1.54) is 0 Å². The number of methoxy groups -OCH3 is 1. The van der Waals surface area contributed by atoms with Crippen molar-refractivity contribution in [3.63, 3.8) is 0 Å². The normalized spacial score (nSPS) is 9.81. The fourth-order valence-electron chi connectivity index (χ4n) is 1.34. The number of hydrogen-bond donors (Lipinski definition) is 2. The molecule has 1 aromatic carbocycles. The highest BCUT2D eigenvalue weighted by molar-refractivity contribution is 6.04. The molecule has 0 fully saturated rings. The van der Waals surface area contributed by atoms with Crippen LogP contribution in [-0.4, -0.2) is 18.0 Å². The van der Waals surface area contributed by atoms with Crippen LogP contribution in [0.3, 0.4) is 0 Å². The van der Waals surface area contributed by atoms with Gasteiger partial charge in [0, 0.05) is 18.1 Å². The second-order valence-electron chi connectivity index (χ2n) is 3.28. The Morgan fingerprint density at radius 2 is 2.00 bits per heavy atom. The minimum Gasteiger partial charge on any atom is -0.497 e. The molecule has 4 heteroatoms. The van der Waals surface area contributed by atoms with Gasteiger partial charge in [0.05, 0.1) is 12.7 Å². The Kier molecular flexibility index (Phi) is 2.91. The van der Waals surface area contributed by atoms with E-state index in [4.69, 9.17) is 4.74 Å². The number of amides is 1. The highest BCUT2D eigenvalue weighted by atomic mass is 16.5. The molecule has 1 heterocycles. The molecule has 0 aliphatic carbocycles. The SMILES string of the molecule is COc1ccc(NC(=O)c2cc[nH]c2)cc1. The molecule has 0 saturated heterocycles. The van der Waals surface area contributed by atoms with Gasteiger partial charge in [-0.15, -0.1) is 0 Å². The number of ether oxygens (including phenoxy) is 1. The first kappa shape index (κ1) is 10.3. The smallest absolute Gasteiger partial charge is 0.257 e. The number of carbonyl (C=O) groups excluding carboxylic acids is 1. The van der Waals surface area contributed by atoms with Gasteiger partial charge in [-0.1, -0.05) is 0 Å². The van der Waals surface area contributed by atoms with Crippen molar-refractivity contribution in [3.05, 3.63) is 48.3 Å². The number of rotatable bonds is 3. The fourth-order valence-corrected chi connectivity index (χ4v) is 1.34. The van der Waals surface area contributed by atoms with E-state index in [0.29, 0.717) is 5.56 Å². The second kappa shape index (κ2) is 4.53. The van der Waals surface area contributed by atoms with E-state index in [2.05, 4.69) is 10.3 Å². The van der Waals surface area contributed by atoms with Gasteiger partial charge in [0.15, 0.2) is 0 Å². The van der Waals surface area contributed by atoms with E-state index in [-0.39, 0.29) is 5.91 Å². The first-order valence-corrected chi connectivity index (χ1v) is 4.88. The number of aromatic nitrogens is 1. The molecule has 4 nitrogen and oxygen atoms in total. The number of benzene rings is 1. The zero-order chi connectivity index (χ0) is 11.4. The quantitative estimate of drug-likeness (QED) is 0.826. The van der Waals surface area contributed by atoms with Crippen LogP contribution in [-0.2, 0) is 0 Å². The standard InChI is InChI=1S/C12H12N2O2/c1-16-11-4-2-10(3-5-11)14-12(15)9-6-7-13-8-9/h2-8,13H,1H3,(H,14,15). The predicted molar refractivity (Wildman–Crippen MR) is 61.7 cm³/mol. The van der Waals surface area contributed by atoms with Crippen LogP contribution in [0.4, 0.5) is 5.69 Å². The van der Waals surface area contributed by atoms with Crippen LogP contribution in [0.2, 0.25) is 0 Å². The Morgan fingerprint density at radius 1 is 1.25 bits per heavy atom. The molecule has 0 spiro atoms. The Balaban J connectivity index is 2.06. The summed E-state index contributed by atoms with van der Waals surface area (Å²) in [5.74, 6) is 0.631. The molecule has 0 unspecified atom stereocenters. The molecule has 82 valence electrons. The third kappa shape index (κ3) is 2.23. The Bertz CT molecular complexity index is 460. The average Bonchev–Trinajstić information content (AvgIpc) is 2.83. The maximum absolute atomic E-state index is 11.7. The lowest BCUT2D eigenvalue weighted by molar-refractivity contribution is 0.102. The van der Waals surface area contributed by atoms with Crippen molar-refractivity contribution in [2.45, 2.75) is 0 Å². The van der Waals surface area contributed by atoms with Crippen molar-refractivity contribution in [3.8, 4) is 5.75 Å². The van der Waals surface area contributed by atoms with Crippen LogP contribution in [0.25, 0.3) is 0 Å². The first-order valence-electron chi connectivity index (χ1n) is 4.88. The maximum Gasteiger partial charge on any atom is 0.257 e. The van der Waals surface area contributed by atoms with Crippen molar-refractivity contribution in [2.24, 2.45) is 0 Å². The molecule has 0 bridgehead atoms. The lowest BCUT2D eigenvalue weighted by atomic mass is 10.2. The van der Waals surface area contributed by atoms with Crippen LogP contribution < -0.4 is 10.1 Å². The van der Waals surface area contributed by atoms with Gasteiger partial charge in [-0.2, -0.15) is 0 Å². The molecule has 16 heavy (non-hydrogen) atoms. The predicted octanol–water partition coefficient (Wildman–Crippen LogP) is 2.28. The molecule has 0 aliphatic rings. The summed E-state index contributed by atoms with van der Waals surface area (Å²) in [6, 6.07) is 8.91. The number of nitrogens with one attached hydrogen (secondary N) is 2. The number of aromatic amines is 1. The molecule has 1 aromatic heterocycles. The average molecular weight is 216 g/mol. The molecule has 2 rings (SSSR count). The van der Waals surface area contributed by atoms with Crippen LogP contribution in [0.1, 0.15) is 10.4 Å². The Hall–Kier alpha value is -2.23. The summed E-state index contributed by atoms with van der Waals surface area (Å²) in [7, 11) is 1.60. The first-order chi connectivity index (χ1) is 7.79. The van der Waals surface area contributed by atoms with Gasteiger partial charge >= 0.3 is 0 Å². The molecular weight excluding hydrogens is 204 g/mol. The highest BCUT2D eigenvalue weighted by Crippen LogP contribution is 2.15. The topological polar surface area (TPSA) is 54.1 Å². The van der Waals surface area contributed by atoms with Crippen molar-refractivity contribution in [1.82, 2.24) is 4.98 Å². The van der Waals surface area contributed by atoms with Gasteiger partial charge in [0.2, 0.25) is 0 Å². The molecule has 2 aromatic rings. The molecular formula is C12H12N2O2. The number of anilines is 1. The van der Waals surface area contributed by atoms with Gasteiger partial charge in [0.1, 0.15) is 5.75 Å². The molecule has 0 saturated carbocycles. The van der Waals surface area contributed by atoms with Gasteiger partial charge < -0.3 is 15.0 Å². The fraction of sp³-hybridized carbons (Fsp3) is 0.0833. The van der Waals surface area contributed by atoms with Crippen LogP contribution in [0.5, 0.6) is 5.75 Å². The molecule has 0 aliphatic heterocycles. The van der Waals surface area contributed by atoms with Crippen molar-refractivity contribution in [2.75, 3.05) is 12.4 Å². The third-order valence-electron chi connectivity index (χ3n) is 2.21. The van der Waals surface area contributed by atoms with Crippen molar-refractivity contribution >= 4 is 11.6 Å². The lowest BCUT2D eigenvalue weighted by Crippen LogP contribution is -2.10. The van der Waals surface area contributed by atoms with Gasteiger partial charge in [-0.25, -0.2) is 0 Å². The summed E-state index contributed by atoms with van der Waals surface area (Å²) in [6.45, 7) is 0. The zero-order valence-electron chi connectivity index (χ0n) is 8.86. The molecule has 0 radical (unpaired) electrons. The van der Waals surface area contributed by atoms with Gasteiger partial charge in [0.25, 0.3) is 5.91 Å². The molecule has 0 atom stereocenters. The van der Waals surface area contributed by atoms with E-state index < -0.39 is 0 Å². The van der Waals surface area contributed by atoms with E-state index in [0.717, 1.165) is 11.4 Å². The summed E-state index contributed by atoms with van der Waals surface area (Å²) < 4.78 is 5.03. The van der Waals surface area contributed by atoms with Crippen molar-refractivity contribution < 1.29 is 9.53 Å². The Morgan fingerprint density at radius 3 is 2.56 bits per heavy atom. The van der Waals surface area contributed by atoms with Crippen LogP contribution in [0, 0.1) is 0 Å². The number of hydrogen-bond acceptors (Lipinski definition) is 2. The van der Waals surface area contributed by atoms with E-state index >= 15 is 0 Å². The summed E-state index contributed by atoms with van der Waals surface area (Å²) in [6.07, 6.45) is 3.36. The van der Waals surface area contributed by atoms with Crippen molar-refractivity contribution in [1.29, 1.82) is 0 Å². The summed E-state index contributed by atoms with van der Waals surface area (Å²) in [5.41, 5.74) is 1.35. The summed E-state index contributed by atoms with van der Waals surface area (Å²) in [4.78, 5) is 14.5. The van der Waals surface area contributed by atoms with Crippen LogP contribution >= 0.6 is 0 Å². The zero-order valence-corrected chi connectivity index (χ0v) is 8.86. The monoisotopic (exact) mass is 216 g/mol. The number of H-pyrrole nitrogens is 1. The maximum atomic E-state index is 11.7. The minimum atomic E-state index is -0.133. The summed E-state index contributed by atoms with van der Waals surface area (Å²) in [5, 5.41) is 2.78. The van der Waals surface area contributed by atoms with E-state index in [1.807, 2.05) is 0 Å². The van der Waals surface area contributed by atoms with E-state index in [9.17, 15) is 4.79 Å². The third-order valence-corrected chi connectivity index (χ3v) is 2.21. The van der Waals surface area contributed by atoms with Gasteiger partial charge in [-0.05, 0) is 30.3 Å². The molecule has 2 N–H and O–H groups in total. The largest absolute Gasteiger partial charge is 0.497 e. The number of carbonyl (C=O) groups is 1. The summed E-state index contributed by atoms with van der Waals surface area (Å²) >= 11 is 0. The second-order valence-corrected chi connectivity index (χ2v) is 3.28. The van der Waals surface area contributed by atoms with E-state index in [1.54, 1.807) is 49.8 Å². The van der Waals surface area contributed by atoms with Crippen LogP contribution in [0.15, 0.2) is 42.7 Å².